The Kier molecular flexibility index (Phi) is 6.11. The molecular formula is C20H24N2O6S. The van der Waals surface area contributed by atoms with Crippen molar-refractivity contribution in [1.29, 1.82) is 0 Å². The summed E-state index contributed by atoms with van der Waals surface area (Å²) in [5, 5.41) is 2.79. The predicted octanol–water partition coefficient (Wildman–Crippen LogP) is 2.84. The number of anilines is 1. The van der Waals surface area contributed by atoms with E-state index in [2.05, 4.69) is 5.32 Å². The molecule has 0 spiro atoms. The smallest absolute Gasteiger partial charge is 0.264 e. The number of amides is 1. The van der Waals surface area contributed by atoms with E-state index in [0.717, 1.165) is 16.5 Å². The lowest BCUT2D eigenvalue weighted by Gasteiger charge is -2.15. The van der Waals surface area contributed by atoms with Crippen LogP contribution in [0.2, 0.25) is 0 Å². The fraction of sp³-hybridized carbons (Fsp3) is 0.350. The number of hydrogen-bond acceptors (Lipinski definition) is 6. The zero-order chi connectivity index (χ0) is 21.2. The minimum Gasteiger partial charge on any atom is -0.492 e. The maximum Gasteiger partial charge on any atom is 0.264 e. The molecule has 0 saturated heterocycles. The van der Waals surface area contributed by atoms with Crippen LogP contribution in [0.4, 0.5) is 5.69 Å². The first-order valence-electron chi connectivity index (χ1n) is 9.17. The Balaban J connectivity index is 1.90. The molecule has 1 aliphatic rings. The number of benzene rings is 2. The minimum absolute atomic E-state index is 0.0503. The first kappa shape index (κ1) is 21.1. The lowest BCUT2D eigenvalue weighted by atomic mass is 10.1. The summed E-state index contributed by atoms with van der Waals surface area (Å²) in [6.45, 7) is 4.27. The maximum atomic E-state index is 12.8. The predicted molar refractivity (Wildman–Crippen MR) is 108 cm³/mol. The molecule has 0 saturated carbocycles. The van der Waals surface area contributed by atoms with Gasteiger partial charge in [0.25, 0.3) is 15.9 Å². The highest BCUT2D eigenvalue weighted by Crippen LogP contribution is 2.38. The summed E-state index contributed by atoms with van der Waals surface area (Å²) in [6.07, 6.45) is 0.835. The molecule has 1 N–H and O–H groups in total. The summed E-state index contributed by atoms with van der Waals surface area (Å²) in [5.41, 5.74) is 1.68. The Hall–Kier alpha value is -2.62. The van der Waals surface area contributed by atoms with Gasteiger partial charge in [0.05, 0.1) is 24.3 Å². The molecule has 2 aromatic rings. The summed E-state index contributed by atoms with van der Waals surface area (Å²) in [4.78, 5) is 17.5. The second kappa shape index (κ2) is 8.40. The highest BCUT2D eigenvalue weighted by molar-refractivity contribution is 7.89. The van der Waals surface area contributed by atoms with E-state index in [1.54, 1.807) is 6.07 Å². The van der Waals surface area contributed by atoms with Gasteiger partial charge >= 0.3 is 0 Å². The third-order valence-corrected chi connectivity index (χ3v) is 6.21. The molecular weight excluding hydrogens is 396 g/mol. The summed E-state index contributed by atoms with van der Waals surface area (Å²) in [6, 6.07) is 9.34. The molecule has 0 fully saturated rings. The van der Waals surface area contributed by atoms with E-state index in [1.807, 2.05) is 19.9 Å². The van der Waals surface area contributed by atoms with Gasteiger partial charge < -0.3 is 14.8 Å². The van der Waals surface area contributed by atoms with Gasteiger partial charge in [0, 0.05) is 30.7 Å². The summed E-state index contributed by atoms with van der Waals surface area (Å²) in [5.74, 6) is 0.781. The highest BCUT2D eigenvalue weighted by atomic mass is 32.2. The van der Waals surface area contributed by atoms with Gasteiger partial charge in [0.1, 0.15) is 17.6 Å². The molecule has 1 aliphatic heterocycles. The molecule has 1 heterocycles. The lowest BCUT2D eigenvalue weighted by Crippen LogP contribution is -2.26. The van der Waals surface area contributed by atoms with Crippen LogP contribution in [0.25, 0.3) is 0 Å². The van der Waals surface area contributed by atoms with Crippen LogP contribution in [0.1, 0.15) is 29.8 Å². The van der Waals surface area contributed by atoms with Crippen molar-refractivity contribution < 1.29 is 27.5 Å². The monoisotopic (exact) mass is 420 g/mol. The fourth-order valence-electron chi connectivity index (χ4n) is 3.05. The third-order valence-electron chi connectivity index (χ3n) is 4.54. The SMILES string of the molecule is CCOc1cc2c(cc1NC(=O)c1cccc(S(=O)(=O)N(C)OC)c1)OC(C)C2. The minimum atomic E-state index is -3.86. The summed E-state index contributed by atoms with van der Waals surface area (Å²) < 4.78 is 37.0. The molecule has 9 heteroatoms. The molecule has 1 amide bonds. The second-order valence-corrected chi connectivity index (χ2v) is 8.54. The van der Waals surface area contributed by atoms with Crippen molar-refractivity contribution in [1.82, 2.24) is 4.47 Å². The van der Waals surface area contributed by atoms with E-state index >= 15 is 0 Å². The fourth-order valence-corrected chi connectivity index (χ4v) is 4.07. The quantitative estimate of drug-likeness (QED) is 0.693. The Labute approximate surface area is 170 Å². The Morgan fingerprint density at radius 3 is 2.76 bits per heavy atom. The van der Waals surface area contributed by atoms with E-state index in [0.29, 0.717) is 23.8 Å². The van der Waals surface area contributed by atoms with Gasteiger partial charge in [-0.2, -0.15) is 0 Å². The van der Waals surface area contributed by atoms with Gasteiger partial charge in [0.2, 0.25) is 0 Å². The molecule has 29 heavy (non-hydrogen) atoms. The maximum absolute atomic E-state index is 12.8. The van der Waals surface area contributed by atoms with E-state index in [9.17, 15) is 13.2 Å². The topological polar surface area (TPSA) is 94.2 Å². The number of ether oxygens (including phenoxy) is 2. The van der Waals surface area contributed by atoms with Crippen molar-refractivity contribution in [2.24, 2.45) is 0 Å². The van der Waals surface area contributed by atoms with Crippen molar-refractivity contribution in [2.45, 2.75) is 31.3 Å². The van der Waals surface area contributed by atoms with E-state index < -0.39 is 15.9 Å². The largest absolute Gasteiger partial charge is 0.492 e. The molecule has 156 valence electrons. The number of sulfonamides is 1. The number of fused-ring (bicyclic) bond motifs is 1. The van der Waals surface area contributed by atoms with Gasteiger partial charge in [-0.25, -0.2) is 8.42 Å². The molecule has 8 nitrogen and oxygen atoms in total. The molecule has 2 aromatic carbocycles. The lowest BCUT2D eigenvalue weighted by molar-refractivity contribution is -0.0258. The molecule has 0 aliphatic carbocycles. The third kappa shape index (κ3) is 4.36. The number of hydrogen-bond donors (Lipinski definition) is 1. The van der Waals surface area contributed by atoms with Gasteiger partial charge in [-0.1, -0.05) is 10.5 Å². The molecule has 1 atom stereocenters. The van der Waals surface area contributed by atoms with Gasteiger partial charge in [-0.3, -0.25) is 9.63 Å². The standard InChI is InChI=1S/C20H24N2O6S/c1-5-27-19-11-15-9-13(2)28-18(15)12-17(19)21-20(23)14-7-6-8-16(10-14)29(24,25)22(3)26-4/h6-8,10-13H,5,9H2,1-4H3,(H,21,23). The van der Waals surface area contributed by atoms with Gasteiger partial charge in [-0.15, -0.1) is 0 Å². The van der Waals surface area contributed by atoms with Crippen molar-refractivity contribution in [2.75, 3.05) is 26.1 Å². The molecule has 0 aromatic heterocycles. The van der Waals surface area contributed by atoms with E-state index in [-0.39, 0.29) is 16.6 Å². The number of nitrogens with one attached hydrogen (secondary N) is 1. The van der Waals surface area contributed by atoms with Crippen molar-refractivity contribution in [3.05, 3.63) is 47.5 Å². The second-order valence-electron chi connectivity index (χ2n) is 6.60. The van der Waals surface area contributed by atoms with Crippen LogP contribution in [0.15, 0.2) is 41.3 Å². The number of carbonyl (C=O) groups is 1. The molecule has 1 unspecified atom stereocenters. The van der Waals surface area contributed by atoms with Gasteiger partial charge in [0.15, 0.2) is 0 Å². The summed E-state index contributed by atoms with van der Waals surface area (Å²) >= 11 is 0. The first-order valence-corrected chi connectivity index (χ1v) is 10.6. The van der Waals surface area contributed by atoms with Crippen molar-refractivity contribution in [3.8, 4) is 11.5 Å². The van der Waals surface area contributed by atoms with Crippen LogP contribution >= 0.6 is 0 Å². The van der Waals surface area contributed by atoms with Crippen LogP contribution < -0.4 is 14.8 Å². The number of hydroxylamine groups is 1. The van der Waals surface area contributed by atoms with Crippen LogP contribution in [0.3, 0.4) is 0 Å². The van der Waals surface area contributed by atoms with Crippen molar-refractivity contribution >= 4 is 21.6 Å². The Morgan fingerprint density at radius 1 is 1.31 bits per heavy atom. The highest BCUT2D eigenvalue weighted by Gasteiger charge is 2.24. The van der Waals surface area contributed by atoms with Crippen molar-refractivity contribution in [3.63, 3.8) is 0 Å². The molecule has 0 bridgehead atoms. The van der Waals surface area contributed by atoms with Crippen LogP contribution in [-0.4, -0.2) is 45.7 Å². The summed E-state index contributed by atoms with van der Waals surface area (Å²) in [7, 11) is -1.33. The molecule has 0 radical (unpaired) electrons. The average Bonchev–Trinajstić information content (AvgIpc) is 3.06. The number of rotatable bonds is 7. The van der Waals surface area contributed by atoms with Crippen LogP contribution in [0.5, 0.6) is 11.5 Å². The number of carbonyl (C=O) groups excluding carboxylic acids is 1. The van der Waals surface area contributed by atoms with Crippen LogP contribution in [0, 0.1) is 0 Å². The Morgan fingerprint density at radius 2 is 2.07 bits per heavy atom. The average molecular weight is 420 g/mol. The Bertz CT molecular complexity index is 1020. The van der Waals surface area contributed by atoms with E-state index in [4.69, 9.17) is 14.3 Å². The molecule has 3 rings (SSSR count). The normalized spacial score (nSPS) is 15.7. The number of nitrogens with zero attached hydrogens (tertiary/aromatic N) is 1. The van der Waals surface area contributed by atoms with E-state index in [1.165, 1.54) is 38.4 Å². The first-order chi connectivity index (χ1) is 13.8. The zero-order valence-corrected chi connectivity index (χ0v) is 17.6. The van der Waals surface area contributed by atoms with Gasteiger partial charge in [-0.05, 0) is 38.1 Å². The van der Waals surface area contributed by atoms with Crippen LogP contribution in [-0.2, 0) is 21.3 Å². The zero-order valence-electron chi connectivity index (χ0n) is 16.8.